The van der Waals surface area contributed by atoms with Crippen LogP contribution in [0.5, 0.6) is 0 Å². The molecule has 0 fully saturated rings. The van der Waals surface area contributed by atoms with Crippen LogP contribution >= 0.6 is 23.1 Å². The van der Waals surface area contributed by atoms with E-state index in [-0.39, 0.29) is 17.3 Å². The van der Waals surface area contributed by atoms with Crippen molar-refractivity contribution in [3.63, 3.8) is 0 Å². The Morgan fingerprint density at radius 2 is 2.14 bits per heavy atom. The number of pyridine rings is 1. The van der Waals surface area contributed by atoms with Crippen LogP contribution in [-0.2, 0) is 33.7 Å². The number of methoxy groups -OCH3 is 1. The highest BCUT2D eigenvalue weighted by molar-refractivity contribution is 8.00. The number of fused-ring (bicyclic) bond motifs is 5. The number of hydrogen-bond acceptors (Lipinski definition) is 8. The predicted molar refractivity (Wildman–Crippen MR) is 117 cm³/mol. The molecule has 29 heavy (non-hydrogen) atoms. The molecule has 6 nitrogen and oxygen atoms in total. The Hall–Kier alpha value is -1.77. The summed E-state index contributed by atoms with van der Waals surface area (Å²) in [7, 11) is 1.40. The van der Waals surface area contributed by atoms with Gasteiger partial charge >= 0.3 is 5.97 Å². The molecule has 0 radical (unpaired) electrons. The quantitative estimate of drug-likeness (QED) is 0.333. The number of esters is 1. The Kier molecular flexibility index (Phi) is 5.52. The van der Waals surface area contributed by atoms with Gasteiger partial charge in [-0.1, -0.05) is 25.6 Å². The van der Waals surface area contributed by atoms with E-state index >= 15 is 0 Å². The summed E-state index contributed by atoms with van der Waals surface area (Å²) in [6.45, 7) is 9.27. The van der Waals surface area contributed by atoms with Crippen molar-refractivity contribution in [3.05, 3.63) is 23.1 Å². The van der Waals surface area contributed by atoms with Gasteiger partial charge in [0.05, 0.1) is 35.3 Å². The number of nitrogens with zero attached hydrogens (tertiary/aromatic N) is 3. The number of thioether (sulfide) groups is 1. The van der Waals surface area contributed by atoms with E-state index in [1.54, 1.807) is 17.7 Å². The summed E-state index contributed by atoms with van der Waals surface area (Å²) in [5, 5.41) is 1.92. The molecule has 0 saturated carbocycles. The number of rotatable bonds is 5. The molecule has 0 amide bonds. The average molecular weight is 432 g/mol. The molecule has 0 unspecified atom stereocenters. The third-order valence-corrected chi connectivity index (χ3v) is 7.21. The summed E-state index contributed by atoms with van der Waals surface area (Å²) in [4.78, 5) is 26.7. The van der Waals surface area contributed by atoms with Gasteiger partial charge in [0, 0.05) is 23.1 Å². The predicted octanol–water partition coefficient (Wildman–Crippen LogP) is 4.55. The van der Waals surface area contributed by atoms with Gasteiger partial charge in [-0.2, -0.15) is 0 Å². The molecule has 4 rings (SSSR count). The van der Waals surface area contributed by atoms with Crippen molar-refractivity contribution in [2.45, 2.75) is 57.8 Å². The summed E-state index contributed by atoms with van der Waals surface area (Å²) in [6, 6.07) is 0. The zero-order chi connectivity index (χ0) is 20.8. The molecule has 154 valence electrons. The zero-order valence-corrected chi connectivity index (χ0v) is 19.0. The zero-order valence-electron chi connectivity index (χ0n) is 17.4. The van der Waals surface area contributed by atoms with Crippen molar-refractivity contribution in [1.29, 1.82) is 0 Å². The first-order chi connectivity index (χ1) is 13.8. The monoisotopic (exact) mass is 431 g/mol. The van der Waals surface area contributed by atoms with Crippen LogP contribution in [0.2, 0.25) is 0 Å². The molecule has 0 aromatic carbocycles. The Morgan fingerprint density at radius 3 is 2.86 bits per heavy atom. The van der Waals surface area contributed by atoms with Crippen molar-refractivity contribution < 1.29 is 14.3 Å². The van der Waals surface area contributed by atoms with Gasteiger partial charge in [0.1, 0.15) is 16.2 Å². The third kappa shape index (κ3) is 3.98. The summed E-state index contributed by atoms with van der Waals surface area (Å²) in [5.41, 5.74) is 4.34. The molecular weight excluding hydrogens is 406 g/mol. The van der Waals surface area contributed by atoms with Crippen LogP contribution in [0.15, 0.2) is 11.4 Å². The van der Waals surface area contributed by atoms with Crippen LogP contribution in [-0.4, -0.2) is 39.4 Å². The molecule has 0 spiro atoms. The molecule has 0 aliphatic carbocycles. The van der Waals surface area contributed by atoms with Crippen molar-refractivity contribution in [2.75, 3.05) is 12.9 Å². The topological polar surface area (TPSA) is 74.2 Å². The second-order valence-electron chi connectivity index (χ2n) is 8.34. The van der Waals surface area contributed by atoms with Crippen molar-refractivity contribution in [3.8, 4) is 0 Å². The largest absolute Gasteiger partial charge is 0.468 e. The Labute approximate surface area is 178 Å². The second-order valence-corrected chi connectivity index (χ2v) is 10.3. The van der Waals surface area contributed by atoms with Gasteiger partial charge in [0.2, 0.25) is 0 Å². The highest BCUT2D eigenvalue weighted by atomic mass is 32.2. The van der Waals surface area contributed by atoms with Crippen LogP contribution in [0.1, 0.15) is 44.5 Å². The minimum Gasteiger partial charge on any atom is -0.468 e. The van der Waals surface area contributed by atoms with E-state index < -0.39 is 0 Å². The molecule has 8 heteroatoms. The fourth-order valence-corrected chi connectivity index (χ4v) is 5.78. The molecule has 0 bridgehead atoms. The molecule has 1 aliphatic heterocycles. The first kappa shape index (κ1) is 20.5. The lowest BCUT2D eigenvalue weighted by Gasteiger charge is -2.33. The highest BCUT2D eigenvalue weighted by Gasteiger charge is 2.31. The highest BCUT2D eigenvalue weighted by Crippen LogP contribution is 2.42. The lowest BCUT2D eigenvalue weighted by molar-refractivity contribution is -0.137. The SMILES string of the molecule is COC(=O)CSc1ncnc2c1sc1nc(CC(C)C)c3c(c12)CC(C)(C)OC3. The van der Waals surface area contributed by atoms with Gasteiger partial charge in [-0.15, -0.1) is 11.3 Å². The molecule has 4 heterocycles. The van der Waals surface area contributed by atoms with Crippen molar-refractivity contribution in [2.24, 2.45) is 5.92 Å². The maximum absolute atomic E-state index is 11.6. The molecular formula is C21H25N3O3S2. The van der Waals surface area contributed by atoms with Gasteiger partial charge in [-0.3, -0.25) is 4.79 Å². The smallest absolute Gasteiger partial charge is 0.316 e. The Morgan fingerprint density at radius 1 is 1.34 bits per heavy atom. The van der Waals surface area contributed by atoms with E-state index in [4.69, 9.17) is 14.5 Å². The molecule has 0 atom stereocenters. The summed E-state index contributed by atoms with van der Waals surface area (Å²) in [5.74, 6) is 0.470. The van der Waals surface area contributed by atoms with Gasteiger partial charge in [0.25, 0.3) is 0 Å². The van der Waals surface area contributed by atoms with Crippen LogP contribution in [0.4, 0.5) is 0 Å². The van der Waals surface area contributed by atoms with Crippen molar-refractivity contribution >= 4 is 49.5 Å². The van der Waals surface area contributed by atoms with Crippen LogP contribution < -0.4 is 0 Å². The second kappa shape index (κ2) is 7.81. The number of ether oxygens (including phenoxy) is 2. The number of aromatic nitrogens is 3. The van der Waals surface area contributed by atoms with Gasteiger partial charge in [-0.25, -0.2) is 15.0 Å². The fraction of sp³-hybridized carbons (Fsp3) is 0.524. The van der Waals surface area contributed by atoms with E-state index in [2.05, 4.69) is 37.7 Å². The Balaban J connectivity index is 1.92. The maximum Gasteiger partial charge on any atom is 0.316 e. The fourth-order valence-electron chi connectivity index (χ4n) is 3.70. The number of carbonyl (C=O) groups excluding carboxylic acids is 1. The average Bonchev–Trinajstić information content (AvgIpc) is 3.03. The van der Waals surface area contributed by atoms with Gasteiger partial charge < -0.3 is 9.47 Å². The third-order valence-electron chi connectivity index (χ3n) is 5.04. The number of hydrogen-bond donors (Lipinski definition) is 0. The Bertz CT molecular complexity index is 1090. The van der Waals surface area contributed by atoms with Crippen molar-refractivity contribution in [1.82, 2.24) is 15.0 Å². The first-order valence-corrected chi connectivity index (χ1v) is 11.5. The normalized spacial score (nSPS) is 15.8. The van der Waals surface area contributed by atoms with E-state index in [0.29, 0.717) is 12.5 Å². The van der Waals surface area contributed by atoms with Gasteiger partial charge in [-0.05, 0) is 31.7 Å². The standard InChI is InChI=1S/C21H25N3O3S2/c1-11(2)6-14-13-8-27-21(3,4)7-12(13)16-17-18(29-19(16)24-14)20(23-10-22-17)28-9-15(25)26-5/h10-11H,6-9H2,1-5H3. The molecule has 3 aromatic heterocycles. The van der Waals surface area contributed by atoms with Crippen LogP contribution in [0.25, 0.3) is 20.4 Å². The summed E-state index contributed by atoms with van der Waals surface area (Å²) < 4.78 is 11.9. The van der Waals surface area contributed by atoms with Crippen LogP contribution in [0.3, 0.4) is 0 Å². The number of thiophene rings is 1. The van der Waals surface area contributed by atoms with E-state index in [0.717, 1.165) is 44.0 Å². The van der Waals surface area contributed by atoms with Crippen LogP contribution in [0, 0.1) is 5.92 Å². The van der Waals surface area contributed by atoms with E-state index in [1.165, 1.54) is 30.0 Å². The van der Waals surface area contributed by atoms with Gasteiger partial charge in [0.15, 0.2) is 0 Å². The summed E-state index contributed by atoms with van der Waals surface area (Å²) >= 11 is 2.99. The molecule has 0 saturated heterocycles. The molecule has 0 N–H and O–H groups in total. The minimum atomic E-state index is -0.267. The number of carbonyl (C=O) groups is 1. The summed E-state index contributed by atoms with van der Waals surface area (Å²) in [6.07, 6.45) is 3.33. The van der Waals surface area contributed by atoms with E-state index in [9.17, 15) is 4.79 Å². The van der Waals surface area contributed by atoms with E-state index in [1.807, 2.05) is 0 Å². The minimum absolute atomic E-state index is 0.222. The molecule has 3 aromatic rings. The lowest BCUT2D eigenvalue weighted by Crippen LogP contribution is -2.33. The first-order valence-electron chi connectivity index (χ1n) is 9.70. The lowest BCUT2D eigenvalue weighted by atomic mass is 9.88. The molecule has 1 aliphatic rings. The maximum atomic E-state index is 11.6.